The molecule has 0 aliphatic rings. The number of Topliss-reactive ketones (excluding diaryl/α,β-unsaturated/α-hetero) is 1. The van der Waals surface area contributed by atoms with E-state index in [0.717, 1.165) is 31.3 Å². The number of hydrogen-bond donors (Lipinski definition) is 2. The summed E-state index contributed by atoms with van der Waals surface area (Å²) in [6.07, 6.45) is 7.71. The zero-order valence-corrected chi connectivity index (χ0v) is 22.9. The van der Waals surface area contributed by atoms with Crippen LogP contribution in [-0.2, 0) is 22.8 Å². The van der Waals surface area contributed by atoms with E-state index in [0.29, 0.717) is 36.1 Å². The van der Waals surface area contributed by atoms with Crippen LogP contribution in [0.3, 0.4) is 0 Å². The van der Waals surface area contributed by atoms with Crippen LogP contribution >= 0.6 is 0 Å². The average Bonchev–Trinajstić information content (AvgIpc) is 3.72. The number of carboxylic acids is 1. The molecule has 0 radical (unpaired) electrons. The number of aromatic nitrogens is 8. The second kappa shape index (κ2) is 15.5. The van der Waals surface area contributed by atoms with E-state index in [-0.39, 0.29) is 11.6 Å². The Balaban J connectivity index is 0.000000229. The Hall–Kier alpha value is -5.04. The highest BCUT2D eigenvalue weighted by Gasteiger charge is 2.15. The fourth-order valence-electron chi connectivity index (χ4n) is 3.41. The van der Waals surface area contributed by atoms with Crippen LogP contribution < -0.4 is 0 Å². The molecular formula is C28H31FN8O4. The Morgan fingerprint density at radius 3 is 2.37 bits per heavy atom. The second-order valence-corrected chi connectivity index (χ2v) is 8.56. The molecule has 0 spiro atoms. The van der Waals surface area contributed by atoms with Gasteiger partial charge in [0.1, 0.15) is 23.9 Å². The number of nitrogens with zero attached hydrogens (tertiary/aromatic N) is 7. The summed E-state index contributed by atoms with van der Waals surface area (Å²) in [6, 6.07) is 13.8. The van der Waals surface area contributed by atoms with Gasteiger partial charge in [0.2, 0.25) is 0 Å². The van der Waals surface area contributed by atoms with Crippen molar-refractivity contribution in [3.63, 3.8) is 0 Å². The molecule has 0 saturated carbocycles. The lowest BCUT2D eigenvalue weighted by molar-refractivity contribution is -0.134. The number of nitrogens with one attached hydrogen (secondary N) is 1. The summed E-state index contributed by atoms with van der Waals surface area (Å²) in [5.74, 6) is -0.596. The zero-order chi connectivity index (χ0) is 29.6. The molecule has 214 valence electrons. The standard InChI is InChI=1S/C17H13FN6.C9H14N2O2.C2H4O2/c18-13-5-2-1-4-12(13)11-24-16(14-6-9-21-22-14)10-15(23-24)17-19-7-3-8-20-17;1-3-6-13-7-11-5-4-9(10-11)8(2)12;1-2(3)4/h1-10H,11H2,(H,21,22);4-5H,3,6-7H2,1-2H3;1H3,(H,3,4). The first-order chi connectivity index (χ1) is 19.8. The van der Waals surface area contributed by atoms with Crippen molar-refractivity contribution in [3.8, 4) is 22.9 Å². The van der Waals surface area contributed by atoms with Crippen LogP contribution in [0.1, 0.15) is 43.2 Å². The van der Waals surface area contributed by atoms with Gasteiger partial charge in [0.15, 0.2) is 11.6 Å². The maximum absolute atomic E-state index is 14.0. The highest BCUT2D eigenvalue weighted by Crippen LogP contribution is 2.24. The van der Waals surface area contributed by atoms with Crippen molar-refractivity contribution in [2.24, 2.45) is 0 Å². The lowest BCUT2D eigenvalue weighted by Gasteiger charge is -2.07. The normalized spacial score (nSPS) is 10.2. The number of rotatable bonds is 9. The number of ketones is 1. The Morgan fingerprint density at radius 2 is 1.76 bits per heavy atom. The number of hydrogen-bond acceptors (Lipinski definition) is 8. The second-order valence-electron chi connectivity index (χ2n) is 8.56. The van der Waals surface area contributed by atoms with Crippen LogP contribution in [0, 0.1) is 5.82 Å². The molecule has 12 nitrogen and oxygen atoms in total. The molecule has 5 aromatic rings. The summed E-state index contributed by atoms with van der Waals surface area (Å²) < 4.78 is 22.6. The van der Waals surface area contributed by atoms with E-state index >= 15 is 0 Å². The van der Waals surface area contributed by atoms with Crippen molar-refractivity contribution in [2.45, 2.75) is 40.5 Å². The first-order valence-corrected chi connectivity index (χ1v) is 12.7. The number of aromatic amines is 1. The Kier molecular flexibility index (Phi) is 11.5. The van der Waals surface area contributed by atoms with Gasteiger partial charge in [0, 0.05) is 50.8 Å². The van der Waals surface area contributed by atoms with Gasteiger partial charge in [-0.1, -0.05) is 25.1 Å². The van der Waals surface area contributed by atoms with Crippen LogP contribution in [0.15, 0.2) is 73.3 Å². The summed E-state index contributed by atoms with van der Waals surface area (Å²) >= 11 is 0. The number of carbonyl (C=O) groups is 2. The Bertz CT molecular complexity index is 1510. The number of carboxylic acid groups (broad SMARTS) is 1. The third kappa shape index (κ3) is 9.58. The van der Waals surface area contributed by atoms with Gasteiger partial charge in [-0.2, -0.15) is 15.3 Å². The molecule has 0 saturated heterocycles. The summed E-state index contributed by atoms with van der Waals surface area (Å²) in [7, 11) is 0. The molecule has 0 fully saturated rings. The Morgan fingerprint density at radius 1 is 1.02 bits per heavy atom. The predicted octanol–water partition coefficient (Wildman–Crippen LogP) is 4.48. The summed E-state index contributed by atoms with van der Waals surface area (Å²) in [5, 5.41) is 22.9. The quantitative estimate of drug-likeness (QED) is 0.195. The van der Waals surface area contributed by atoms with Crippen molar-refractivity contribution < 1.29 is 23.8 Å². The van der Waals surface area contributed by atoms with E-state index in [4.69, 9.17) is 14.6 Å². The first kappa shape index (κ1) is 30.5. The Labute approximate surface area is 235 Å². The number of ether oxygens (including phenoxy) is 1. The lowest BCUT2D eigenvalue weighted by Crippen LogP contribution is -2.06. The van der Waals surface area contributed by atoms with Gasteiger partial charge in [-0.3, -0.25) is 19.4 Å². The van der Waals surface area contributed by atoms with E-state index < -0.39 is 5.97 Å². The minimum atomic E-state index is -0.833. The topological polar surface area (TPSA) is 154 Å². The molecule has 4 aromatic heterocycles. The van der Waals surface area contributed by atoms with Gasteiger partial charge in [-0.25, -0.2) is 19.0 Å². The molecule has 0 unspecified atom stereocenters. The van der Waals surface area contributed by atoms with Crippen molar-refractivity contribution in [2.75, 3.05) is 6.61 Å². The molecule has 1 aromatic carbocycles. The van der Waals surface area contributed by atoms with Crippen LogP contribution in [0.25, 0.3) is 22.9 Å². The number of benzene rings is 1. The molecule has 0 amide bonds. The zero-order valence-electron chi connectivity index (χ0n) is 22.9. The fourth-order valence-corrected chi connectivity index (χ4v) is 3.41. The number of aliphatic carboxylic acids is 1. The maximum atomic E-state index is 14.0. The third-order valence-corrected chi connectivity index (χ3v) is 5.20. The van der Waals surface area contributed by atoms with E-state index in [2.05, 4.69) is 30.4 Å². The average molecular weight is 563 g/mol. The monoisotopic (exact) mass is 562 g/mol. The van der Waals surface area contributed by atoms with Gasteiger partial charge in [0.25, 0.3) is 5.97 Å². The number of carbonyl (C=O) groups excluding carboxylic acids is 1. The molecule has 13 heteroatoms. The summed E-state index contributed by atoms with van der Waals surface area (Å²) in [4.78, 5) is 28.3. The number of halogens is 1. The molecule has 4 heterocycles. The molecule has 0 atom stereocenters. The van der Waals surface area contributed by atoms with Crippen LogP contribution in [-0.4, -0.2) is 63.2 Å². The molecule has 2 N–H and O–H groups in total. The molecule has 0 bridgehead atoms. The van der Waals surface area contributed by atoms with Crippen LogP contribution in [0.5, 0.6) is 0 Å². The van der Waals surface area contributed by atoms with Gasteiger partial charge in [-0.05, 0) is 36.8 Å². The van der Waals surface area contributed by atoms with Crippen LogP contribution in [0.4, 0.5) is 4.39 Å². The van der Waals surface area contributed by atoms with Gasteiger partial charge >= 0.3 is 0 Å². The van der Waals surface area contributed by atoms with Crippen molar-refractivity contribution in [1.82, 2.24) is 39.7 Å². The SMILES string of the molecule is CC(=O)O.CCCOCn1ccc(C(C)=O)n1.Fc1ccccc1Cn1nc(-c2ncccn2)cc1-c1ccn[nH]1. The van der Waals surface area contributed by atoms with Crippen LogP contribution in [0.2, 0.25) is 0 Å². The van der Waals surface area contributed by atoms with Gasteiger partial charge in [0.05, 0.1) is 17.9 Å². The fraction of sp³-hybridized carbons (Fsp3) is 0.250. The van der Waals surface area contributed by atoms with E-state index in [1.807, 2.05) is 19.1 Å². The van der Waals surface area contributed by atoms with E-state index in [9.17, 15) is 9.18 Å². The highest BCUT2D eigenvalue weighted by atomic mass is 19.1. The van der Waals surface area contributed by atoms with Gasteiger partial charge in [-0.15, -0.1) is 0 Å². The smallest absolute Gasteiger partial charge is 0.300 e. The lowest BCUT2D eigenvalue weighted by atomic mass is 10.2. The molecule has 0 aliphatic carbocycles. The third-order valence-electron chi connectivity index (χ3n) is 5.20. The summed E-state index contributed by atoms with van der Waals surface area (Å²) in [5.41, 5.74) is 3.25. The van der Waals surface area contributed by atoms with Crippen molar-refractivity contribution in [1.29, 1.82) is 0 Å². The summed E-state index contributed by atoms with van der Waals surface area (Å²) in [6.45, 7) is 6.06. The first-order valence-electron chi connectivity index (χ1n) is 12.7. The largest absolute Gasteiger partial charge is 0.481 e. The van der Waals surface area contributed by atoms with Crippen molar-refractivity contribution >= 4 is 11.8 Å². The highest BCUT2D eigenvalue weighted by molar-refractivity contribution is 5.91. The minimum absolute atomic E-state index is 0.0192. The molecule has 0 aliphatic heterocycles. The molecule has 5 rings (SSSR count). The predicted molar refractivity (Wildman–Crippen MR) is 148 cm³/mol. The maximum Gasteiger partial charge on any atom is 0.300 e. The molecule has 41 heavy (non-hydrogen) atoms. The van der Waals surface area contributed by atoms with E-state index in [1.54, 1.807) is 64.5 Å². The van der Waals surface area contributed by atoms with Crippen molar-refractivity contribution in [3.05, 3.63) is 90.4 Å². The van der Waals surface area contributed by atoms with Gasteiger partial charge < -0.3 is 9.84 Å². The van der Waals surface area contributed by atoms with E-state index in [1.165, 1.54) is 13.0 Å². The molecular weight excluding hydrogens is 531 g/mol. The minimum Gasteiger partial charge on any atom is -0.481 e. The number of H-pyrrole nitrogens is 1.